The number of aliphatic carboxylic acids is 1. The van der Waals surface area contributed by atoms with Gasteiger partial charge >= 0.3 is 0 Å². The van der Waals surface area contributed by atoms with Gasteiger partial charge in [-0.15, -0.1) is 12.7 Å². The Hall–Kier alpha value is 0.324. The predicted molar refractivity (Wildman–Crippen MR) is 58.0 cm³/mol. The fourth-order valence-corrected chi connectivity index (χ4v) is 1.57. The minimum atomic E-state index is -0.958. The van der Waals surface area contributed by atoms with Crippen molar-refractivity contribution in [3.05, 3.63) is 33.7 Å². The smallest absolute Gasteiger partial charge is 0.249 e. The topological polar surface area (TPSA) is 40.5 Å². The molecule has 73 valence electrons. The maximum absolute atomic E-state index is 10.7. The second-order valence-electron chi connectivity index (χ2n) is 2.51. The van der Waals surface area contributed by atoms with Gasteiger partial charge in [-0.05, 0) is 21.8 Å². The summed E-state index contributed by atoms with van der Waals surface area (Å²) in [6.07, 6.45) is 4.32. The summed E-state index contributed by atoms with van der Waals surface area (Å²) in [6.45, 7) is 6.42. The zero-order valence-electron chi connectivity index (χ0n) is 7.75. The van der Waals surface area contributed by atoms with Crippen LogP contribution in [0.4, 0.5) is 0 Å². The molecule has 0 amide bonds. The first-order valence-corrected chi connectivity index (χ1v) is 4.85. The quantitative estimate of drug-likeness (QED) is 0.589. The fourth-order valence-electron chi connectivity index (χ4n) is 0.964. The van der Waals surface area contributed by atoms with Gasteiger partial charge < -0.3 is 14.8 Å². The Morgan fingerprint density at radius 1 is 1.79 bits per heavy atom. The number of hydrogen-bond donors (Lipinski definition) is 1. The van der Waals surface area contributed by atoms with Crippen molar-refractivity contribution < 1.29 is 42.6 Å². The van der Waals surface area contributed by atoms with Crippen LogP contribution < -0.4 is 0 Å². The number of halogens is 1. The third-order valence-corrected chi connectivity index (χ3v) is 2.61. The molecule has 5 heteroatoms. The monoisotopic (exact) mass is 379 g/mol. The van der Waals surface area contributed by atoms with Gasteiger partial charge in [0.2, 0.25) is 5.97 Å². The number of rotatable bonds is 2. The molecule has 14 heavy (non-hydrogen) atoms. The van der Waals surface area contributed by atoms with Crippen LogP contribution >= 0.6 is 22.6 Å². The molecule has 1 radical (unpaired) electrons. The van der Waals surface area contributed by atoms with Crippen molar-refractivity contribution in [3.63, 3.8) is 0 Å². The number of likely N-dealkylation sites (N-methyl/N-ethyl adjacent to an activating group) is 1. The largest absolute Gasteiger partial charge is 0.521 e. The Morgan fingerprint density at radius 2 is 2.36 bits per heavy atom. The summed E-state index contributed by atoms with van der Waals surface area (Å²) in [5, 5.41) is 8.75. The summed E-state index contributed by atoms with van der Waals surface area (Å²) in [5.41, 5.74) is 0.978. The molecule has 3 nitrogen and oxygen atoms in total. The van der Waals surface area contributed by atoms with Crippen LogP contribution in [0.15, 0.2) is 27.5 Å². The van der Waals surface area contributed by atoms with E-state index in [4.69, 9.17) is 5.11 Å². The molecule has 1 rings (SSSR count). The van der Waals surface area contributed by atoms with Gasteiger partial charge in [0.05, 0.1) is 0 Å². The summed E-state index contributed by atoms with van der Waals surface area (Å²) in [7, 11) is 0. The number of carboxylic acid groups (broad SMARTS) is 1. The van der Waals surface area contributed by atoms with E-state index < -0.39 is 5.97 Å². The van der Waals surface area contributed by atoms with Crippen LogP contribution in [0.2, 0.25) is 0 Å². The number of nitrogens with zero attached hydrogens (tertiary/aromatic N) is 1. The molecule has 0 bridgehead atoms. The van der Waals surface area contributed by atoms with E-state index in [2.05, 4.69) is 35.4 Å². The number of carboxylic acids is 1. The molecule has 0 aromatic heterocycles. The Morgan fingerprint density at radius 3 is 2.79 bits per heavy atom. The third kappa shape index (κ3) is 3.17. The molecule has 1 N–H and O–H groups in total. The summed E-state index contributed by atoms with van der Waals surface area (Å²) >= 11 is 2.07. The van der Waals surface area contributed by atoms with Gasteiger partial charge in [0, 0.05) is 39.3 Å². The van der Waals surface area contributed by atoms with E-state index in [0.29, 0.717) is 6.54 Å². The number of carbonyl (C=O) groups is 1. The van der Waals surface area contributed by atoms with Crippen LogP contribution in [0.3, 0.4) is 0 Å². The van der Waals surface area contributed by atoms with Crippen LogP contribution in [0.1, 0.15) is 6.92 Å². The van der Waals surface area contributed by atoms with Crippen LogP contribution in [0, 0.1) is 6.20 Å². The molecule has 0 unspecified atom stereocenters. The van der Waals surface area contributed by atoms with Crippen molar-refractivity contribution in [2.24, 2.45) is 0 Å². The summed E-state index contributed by atoms with van der Waals surface area (Å²) < 4.78 is 0.843. The standard InChI is InChI=1S/C9H9INO2.Y/c1-3-11-5-7(9(12)13)4-8(10)6(11)2;/h4H,2-3H2,1H3,(H,12,13);/q-1;. The zero-order valence-corrected chi connectivity index (χ0v) is 12.7. The van der Waals surface area contributed by atoms with Crippen molar-refractivity contribution in [1.82, 2.24) is 4.90 Å². The SMILES string of the molecule is C=C1C(I)=CC(C(=O)O)=[C-]N1CC.[Y]. The van der Waals surface area contributed by atoms with Crippen molar-refractivity contribution in [3.8, 4) is 0 Å². The molecule has 0 saturated heterocycles. The maximum atomic E-state index is 10.7. The van der Waals surface area contributed by atoms with Gasteiger partial charge in [0.25, 0.3) is 0 Å². The van der Waals surface area contributed by atoms with Crippen LogP contribution in [0.25, 0.3) is 0 Å². The molecule has 0 aliphatic carbocycles. The molecule has 0 atom stereocenters. The minimum absolute atomic E-state index is 0. The Balaban J connectivity index is 0.00000169. The van der Waals surface area contributed by atoms with Gasteiger partial charge in [-0.3, -0.25) is 0 Å². The van der Waals surface area contributed by atoms with E-state index in [1.54, 1.807) is 11.0 Å². The molecule has 0 aromatic rings. The predicted octanol–water partition coefficient (Wildman–Crippen LogP) is 1.92. The number of allylic oxidation sites excluding steroid dienone is 1. The van der Waals surface area contributed by atoms with Crippen molar-refractivity contribution >= 4 is 28.6 Å². The average Bonchev–Trinajstić information content (AvgIpc) is 2.09. The minimum Gasteiger partial charge on any atom is -0.521 e. The zero-order chi connectivity index (χ0) is 10.0. The van der Waals surface area contributed by atoms with Crippen molar-refractivity contribution in [2.45, 2.75) is 6.92 Å². The molecule has 1 aliphatic rings. The average molecular weight is 379 g/mol. The van der Waals surface area contributed by atoms with Crippen LogP contribution in [0.5, 0.6) is 0 Å². The second-order valence-corrected chi connectivity index (χ2v) is 3.68. The van der Waals surface area contributed by atoms with E-state index in [0.717, 1.165) is 9.28 Å². The second kappa shape index (κ2) is 6.03. The van der Waals surface area contributed by atoms with E-state index in [1.165, 1.54) is 0 Å². The van der Waals surface area contributed by atoms with Gasteiger partial charge in [0.15, 0.2) is 0 Å². The van der Waals surface area contributed by atoms with E-state index in [1.807, 2.05) is 6.92 Å². The van der Waals surface area contributed by atoms with Gasteiger partial charge in [-0.1, -0.05) is 28.8 Å². The normalized spacial score (nSPS) is 15.6. The fraction of sp³-hybridized carbons (Fsp3) is 0.222. The van der Waals surface area contributed by atoms with Crippen LogP contribution in [-0.2, 0) is 37.5 Å². The molecule has 0 aromatic carbocycles. The molecular formula is C9H9INO2Y-. The summed E-state index contributed by atoms with van der Waals surface area (Å²) in [4.78, 5) is 12.4. The summed E-state index contributed by atoms with van der Waals surface area (Å²) in [6, 6.07) is 0. The molecule has 1 aliphatic heterocycles. The first kappa shape index (κ1) is 14.3. The molecule has 1 heterocycles. The molecule has 0 fully saturated rings. The molecular weight excluding hydrogens is 370 g/mol. The summed E-state index contributed by atoms with van der Waals surface area (Å²) in [5.74, 6) is -0.958. The Bertz CT molecular complexity index is 323. The Kier molecular flexibility index (Phi) is 6.17. The van der Waals surface area contributed by atoms with Gasteiger partial charge in [-0.2, -0.15) is 0 Å². The van der Waals surface area contributed by atoms with E-state index in [9.17, 15) is 4.79 Å². The number of hydrogen-bond acceptors (Lipinski definition) is 2. The van der Waals surface area contributed by atoms with E-state index >= 15 is 0 Å². The van der Waals surface area contributed by atoms with Crippen molar-refractivity contribution in [2.75, 3.05) is 6.54 Å². The third-order valence-electron chi connectivity index (χ3n) is 1.67. The van der Waals surface area contributed by atoms with Gasteiger partial charge in [-0.25, -0.2) is 0 Å². The van der Waals surface area contributed by atoms with E-state index in [-0.39, 0.29) is 38.3 Å². The van der Waals surface area contributed by atoms with Gasteiger partial charge in [0.1, 0.15) is 0 Å². The first-order valence-electron chi connectivity index (χ1n) is 3.77. The van der Waals surface area contributed by atoms with Crippen LogP contribution in [-0.4, -0.2) is 22.5 Å². The molecule has 0 saturated carbocycles. The van der Waals surface area contributed by atoms with Crippen molar-refractivity contribution in [1.29, 1.82) is 0 Å². The first-order chi connectivity index (χ1) is 6.06. The molecule has 0 spiro atoms. The maximum Gasteiger partial charge on any atom is 0.249 e. The Labute approximate surface area is 122 Å².